The summed E-state index contributed by atoms with van der Waals surface area (Å²) in [5.41, 5.74) is -2.36. The van der Waals surface area contributed by atoms with Crippen LogP contribution in [-0.4, -0.2) is 54.3 Å². The van der Waals surface area contributed by atoms with Crippen molar-refractivity contribution in [3.8, 4) is 23.0 Å². The Hall–Kier alpha value is -2.24. The van der Waals surface area contributed by atoms with Crippen LogP contribution in [0, 0.1) is 5.82 Å². The number of benzene rings is 1. The van der Waals surface area contributed by atoms with Gasteiger partial charge in [-0.2, -0.15) is 4.98 Å². The maximum Gasteiger partial charge on any atom is 1.00 e. The van der Waals surface area contributed by atoms with Crippen molar-refractivity contribution in [2.45, 2.75) is 19.4 Å². The summed E-state index contributed by atoms with van der Waals surface area (Å²) in [6, 6.07) is -0.0962. The van der Waals surface area contributed by atoms with Crippen molar-refractivity contribution >= 4 is 42.8 Å². The van der Waals surface area contributed by atoms with Gasteiger partial charge in [0.2, 0.25) is 11.7 Å². The minimum atomic E-state index is -6.12. The molecule has 1 aliphatic rings. The first-order valence-electron chi connectivity index (χ1n) is 17.0. The van der Waals surface area contributed by atoms with Crippen molar-refractivity contribution in [1.29, 1.82) is 0 Å². The molecule has 15 nitrogen and oxygen atoms in total. The van der Waals surface area contributed by atoms with Gasteiger partial charge in [0.25, 0.3) is 5.91 Å². The van der Waals surface area contributed by atoms with E-state index in [9.17, 15) is 19.1 Å². The number of nitrogens with zero attached hydrogens (tertiary/aromatic N) is 4. The van der Waals surface area contributed by atoms with E-state index in [0.717, 1.165) is 26.0 Å². The fourth-order valence-electron chi connectivity index (χ4n) is 3.14. The largest absolute Gasteiger partial charge is 1.00 e. The summed E-state index contributed by atoms with van der Waals surface area (Å²) in [6.07, 6.45) is 0.543. The number of fused-ring (bicyclic) bond motifs is 1. The van der Waals surface area contributed by atoms with Crippen LogP contribution in [-0.2, 0) is 13.9 Å². The van der Waals surface area contributed by atoms with Crippen molar-refractivity contribution in [1.82, 2.24) is 15.0 Å². The molecule has 1 amide bonds. The van der Waals surface area contributed by atoms with Crippen LogP contribution in [0.2, 0.25) is 0 Å². The predicted molar refractivity (Wildman–Crippen MR) is 135 cm³/mol. The first kappa shape index (κ1) is 20.7. The van der Waals surface area contributed by atoms with Gasteiger partial charge < -0.3 is 48.5 Å². The summed E-state index contributed by atoms with van der Waals surface area (Å²) in [5.74, 6) is -9.18. The monoisotopic (exact) mass is 637 g/mol. The Morgan fingerprint density at radius 1 is 1.14 bits per heavy atom. The van der Waals surface area contributed by atoms with Crippen LogP contribution in [0.4, 0.5) is 33.5 Å². The van der Waals surface area contributed by atoms with E-state index in [1.165, 1.54) is 0 Å². The molecular formula is C23H24FN6Na2O9P. The molecule has 0 unspecified atom stereocenters. The molecule has 214 valence electrons. The van der Waals surface area contributed by atoms with E-state index >= 15 is 4.39 Å². The number of hydrogen-bond acceptors (Lipinski definition) is 14. The molecule has 0 bridgehead atoms. The van der Waals surface area contributed by atoms with Crippen molar-refractivity contribution in [2.24, 2.45) is 0 Å². The average molecular weight is 638 g/mol. The number of carbonyl (C=O) groups excluding carboxylic acids is 1. The molecule has 1 aromatic carbocycles. The number of aromatic nitrogens is 3. The van der Waals surface area contributed by atoms with Gasteiger partial charge in [0.05, 0.1) is 53.0 Å². The Kier molecular flexibility index (Phi) is 7.13. The van der Waals surface area contributed by atoms with Crippen LogP contribution in [0.15, 0.2) is 30.4 Å². The third-order valence-electron chi connectivity index (χ3n) is 4.83. The van der Waals surface area contributed by atoms with Crippen molar-refractivity contribution in [2.75, 3.05) is 43.3 Å². The van der Waals surface area contributed by atoms with Crippen LogP contribution in [0.3, 0.4) is 0 Å². The molecule has 19 heteroatoms. The van der Waals surface area contributed by atoms with Gasteiger partial charge in [-0.3, -0.25) is 9.69 Å². The Morgan fingerprint density at radius 3 is 2.43 bits per heavy atom. The number of anilines is 5. The van der Waals surface area contributed by atoms with Gasteiger partial charge in [0, 0.05) is 17.8 Å². The number of pyridine rings is 1. The number of amides is 1. The van der Waals surface area contributed by atoms with E-state index in [4.69, 9.17) is 36.8 Å². The number of nitrogens with one attached hydrogen (secondary N) is 2. The molecule has 42 heavy (non-hydrogen) atoms. The molecule has 0 atom stereocenters. The SMILES string of the molecule is [2H]c1c(Nc2nc(Nc3cc(OC([2H])([2H])[2H])c(OC([2H])([2H])[2H])c(OC([2H])([2H])[2H])c3)ncc2F)nc2c(c1[2H])OC(C)(C)C(=O)N2C([2H])([2H])OP(=O)([O-])[O-].[Na+].[Na+]. The van der Waals surface area contributed by atoms with Crippen LogP contribution in [0.25, 0.3) is 0 Å². The number of halogens is 1. The van der Waals surface area contributed by atoms with Crippen LogP contribution >= 0.6 is 7.82 Å². The molecule has 3 heterocycles. The summed E-state index contributed by atoms with van der Waals surface area (Å²) in [5, 5.41) is 4.69. The van der Waals surface area contributed by atoms with Gasteiger partial charge in [-0.25, -0.2) is 14.4 Å². The molecular weight excluding hydrogens is 600 g/mol. The van der Waals surface area contributed by atoms with Gasteiger partial charge in [0.1, 0.15) is 12.5 Å². The molecule has 0 radical (unpaired) electrons. The average Bonchev–Trinajstić information content (AvgIpc) is 2.93. The first-order valence-corrected chi connectivity index (χ1v) is 11.9. The first-order chi connectivity index (χ1) is 23.9. The summed E-state index contributed by atoms with van der Waals surface area (Å²) in [6.45, 7) is -1.56. The fraction of sp³-hybridized carbons (Fsp3) is 0.304. The van der Waals surface area contributed by atoms with Gasteiger partial charge in [-0.05, 0) is 25.9 Å². The predicted octanol–water partition coefficient (Wildman–Crippen LogP) is -4.16. The summed E-state index contributed by atoms with van der Waals surface area (Å²) >= 11 is 0. The zero-order valence-electron chi connectivity index (χ0n) is 35.0. The molecule has 2 N–H and O–H groups in total. The van der Waals surface area contributed by atoms with Crippen molar-refractivity contribution < 1.29 is 124 Å². The molecule has 2 aromatic heterocycles. The molecule has 0 aliphatic carbocycles. The van der Waals surface area contributed by atoms with Crippen molar-refractivity contribution in [3.05, 3.63) is 36.2 Å². The molecule has 0 saturated carbocycles. The number of phosphoric ester groups is 1. The van der Waals surface area contributed by atoms with Gasteiger partial charge in [-0.1, -0.05) is 0 Å². The minimum Gasteiger partial charge on any atom is -0.790 e. The maximum absolute atomic E-state index is 15.0. The molecule has 3 aromatic rings. The Labute approximate surface area is 302 Å². The minimum absolute atomic E-state index is 0. The van der Waals surface area contributed by atoms with Crippen LogP contribution in [0.5, 0.6) is 23.0 Å². The topological polar surface area (TPSA) is 192 Å². The van der Waals surface area contributed by atoms with Gasteiger partial charge in [0.15, 0.2) is 40.3 Å². The van der Waals surface area contributed by atoms with E-state index in [1.807, 2.05) is 0 Å². The summed E-state index contributed by atoms with van der Waals surface area (Å²) in [7, 11) is -15.9. The normalized spacial score (nSPS) is 19.3. The van der Waals surface area contributed by atoms with E-state index in [0.29, 0.717) is 6.20 Å². The zero-order valence-corrected chi connectivity index (χ0v) is 26.9. The molecule has 0 fully saturated rings. The van der Waals surface area contributed by atoms with E-state index in [-0.39, 0.29) is 69.7 Å². The standard InChI is InChI=1S/C23H26FN6O9P.2Na/c1-23(2)21(31)30(11-38-40(32,33)34)20-14(39-23)6-7-17(28-20)27-19-13(24)10-25-22(29-19)26-12-8-15(35-3)18(37-5)16(9-12)36-4;;/h6-10H,11H2,1-5H3,(H2,32,33,34)(H2,25,26,27,28,29);;/q;2*+1/p-2/i3D3,4D3,5D3,6D,7D,11D2;;. The second-order valence-corrected chi connectivity index (χ2v) is 9.07. The van der Waals surface area contributed by atoms with Gasteiger partial charge in [-0.15, -0.1) is 0 Å². The quantitative estimate of drug-likeness (QED) is 0.161. The smallest absolute Gasteiger partial charge is 0.790 e. The van der Waals surface area contributed by atoms with E-state index < -0.39 is 111 Å². The molecule has 0 spiro atoms. The number of hydrogen-bond donors (Lipinski definition) is 2. The summed E-state index contributed by atoms with van der Waals surface area (Å²) < 4.78 is 150. The Morgan fingerprint density at radius 2 is 1.81 bits per heavy atom. The van der Waals surface area contributed by atoms with Crippen LogP contribution < -0.4 is 103 Å². The second kappa shape index (κ2) is 14.5. The number of rotatable bonds is 10. The Balaban J connectivity index is 0.00000523. The molecule has 0 saturated heterocycles. The fourth-order valence-corrected chi connectivity index (χ4v) is 3.32. The number of phosphoric acid groups is 1. The third-order valence-corrected chi connectivity index (χ3v) is 5.13. The number of methoxy groups -OCH3 is 3. The van der Waals surface area contributed by atoms with Crippen LogP contribution in [0.1, 0.15) is 31.7 Å². The third kappa shape index (κ3) is 8.23. The van der Waals surface area contributed by atoms with E-state index in [1.54, 1.807) is 0 Å². The van der Waals surface area contributed by atoms with E-state index in [2.05, 4.69) is 30.1 Å². The molecule has 4 rings (SSSR count). The maximum atomic E-state index is 15.0. The summed E-state index contributed by atoms with van der Waals surface area (Å²) in [4.78, 5) is 47.2. The second-order valence-electron chi connectivity index (χ2n) is 7.99. The number of carbonyl (C=O) groups is 1. The Bertz CT molecular complexity index is 1950. The number of ether oxygens (including phenoxy) is 4. The van der Waals surface area contributed by atoms with Gasteiger partial charge >= 0.3 is 59.1 Å². The zero-order chi connectivity index (χ0) is 40.3. The molecule has 1 aliphatic heterocycles. The van der Waals surface area contributed by atoms with Crippen molar-refractivity contribution in [3.63, 3.8) is 0 Å².